The van der Waals surface area contributed by atoms with E-state index in [1.54, 1.807) is 6.20 Å². The predicted octanol–water partition coefficient (Wildman–Crippen LogP) is 1.90. The average molecular weight is 273 g/mol. The molecule has 1 fully saturated rings. The summed E-state index contributed by atoms with van der Waals surface area (Å²) in [6, 6.07) is 0. The van der Waals surface area contributed by atoms with Crippen LogP contribution in [0.5, 0.6) is 0 Å². The Balaban J connectivity index is 2.23. The Kier molecular flexibility index (Phi) is 3.21. The van der Waals surface area contributed by atoms with Gasteiger partial charge < -0.3 is 9.72 Å². The van der Waals surface area contributed by atoms with Crippen LogP contribution in [0, 0.1) is 0 Å². The van der Waals surface area contributed by atoms with Gasteiger partial charge in [0.1, 0.15) is 11.9 Å². The van der Waals surface area contributed by atoms with Crippen LogP contribution < -0.4 is 5.56 Å². The molecule has 0 radical (unpaired) electrons. The second-order valence-corrected chi connectivity index (χ2v) is 4.33. The monoisotopic (exact) mass is 272 g/mol. The fourth-order valence-electron chi connectivity index (χ4n) is 1.70. The fourth-order valence-corrected chi connectivity index (χ4v) is 2.10. The number of rotatable bonds is 2. The maximum atomic E-state index is 11.5. The second-order valence-electron chi connectivity index (χ2n) is 3.77. The van der Waals surface area contributed by atoms with E-state index in [0.717, 1.165) is 12.8 Å². The molecule has 4 nitrogen and oxygen atoms in total. The van der Waals surface area contributed by atoms with E-state index in [2.05, 4.69) is 25.9 Å². The van der Waals surface area contributed by atoms with E-state index in [1.807, 2.05) is 6.92 Å². The number of hydrogen-bond donors (Lipinski definition) is 1. The number of nitrogens with zero attached hydrogens (tertiary/aromatic N) is 1. The maximum Gasteiger partial charge on any atom is 0.254 e. The molecule has 0 saturated carbocycles. The van der Waals surface area contributed by atoms with Gasteiger partial charge in [-0.2, -0.15) is 0 Å². The van der Waals surface area contributed by atoms with E-state index in [-0.39, 0.29) is 17.8 Å². The van der Waals surface area contributed by atoms with Gasteiger partial charge >= 0.3 is 0 Å². The minimum Gasteiger partial charge on any atom is -0.367 e. The largest absolute Gasteiger partial charge is 0.367 e. The number of hydrogen-bond acceptors (Lipinski definition) is 3. The third-order valence-electron chi connectivity index (χ3n) is 2.57. The van der Waals surface area contributed by atoms with Gasteiger partial charge in [0, 0.05) is 17.1 Å². The molecule has 0 spiro atoms. The summed E-state index contributed by atoms with van der Waals surface area (Å²) in [7, 11) is 0. The Labute approximate surface area is 96.2 Å². The van der Waals surface area contributed by atoms with E-state index >= 15 is 0 Å². The third-order valence-corrected chi connectivity index (χ3v) is 3.18. The van der Waals surface area contributed by atoms with E-state index in [9.17, 15) is 4.79 Å². The van der Waals surface area contributed by atoms with Crippen LogP contribution in [0.25, 0.3) is 0 Å². The normalized spacial score (nSPS) is 25.7. The first-order chi connectivity index (χ1) is 7.20. The zero-order valence-electron chi connectivity index (χ0n) is 8.50. The van der Waals surface area contributed by atoms with Gasteiger partial charge in [-0.05, 0) is 19.8 Å². The van der Waals surface area contributed by atoms with Crippen molar-refractivity contribution >= 4 is 15.9 Å². The highest BCUT2D eigenvalue weighted by atomic mass is 79.9. The van der Waals surface area contributed by atoms with Crippen LogP contribution >= 0.6 is 15.9 Å². The standard InChI is InChI=1S/C10H13BrN2O2/c1-6-2-3-8(15-6)9-12-5-7(4-11)10(14)13-9/h5-6,8H,2-4H2,1H3,(H,12,13,14). The van der Waals surface area contributed by atoms with Crippen molar-refractivity contribution in [1.82, 2.24) is 9.97 Å². The summed E-state index contributed by atoms with van der Waals surface area (Å²) < 4.78 is 5.63. The second kappa shape index (κ2) is 4.45. The molecule has 2 unspecified atom stereocenters. The van der Waals surface area contributed by atoms with Crippen LogP contribution in [0.4, 0.5) is 0 Å². The fraction of sp³-hybridized carbons (Fsp3) is 0.600. The molecule has 0 aliphatic carbocycles. The highest BCUT2D eigenvalue weighted by Crippen LogP contribution is 2.29. The Bertz CT molecular complexity index is 405. The summed E-state index contributed by atoms with van der Waals surface area (Å²) in [6.45, 7) is 2.03. The zero-order chi connectivity index (χ0) is 10.8. The first-order valence-corrected chi connectivity index (χ1v) is 6.12. The summed E-state index contributed by atoms with van der Waals surface area (Å²) in [6.07, 6.45) is 3.77. The Morgan fingerprint density at radius 3 is 3.00 bits per heavy atom. The minimum absolute atomic E-state index is 0.0444. The van der Waals surface area contributed by atoms with Crippen LogP contribution in [0.1, 0.15) is 37.3 Å². The molecule has 0 bridgehead atoms. The molecule has 1 aliphatic heterocycles. The van der Waals surface area contributed by atoms with Crippen molar-refractivity contribution < 1.29 is 4.74 Å². The molecule has 1 aromatic rings. The number of aromatic nitrogens is 2. The molecule has 2 rings (SSSR count). The van der Waals surface area contributed by atoms with Crippen molar-refractivity contribution in [2.24, 2.45) is 0 Å². The summed E-state index contributed by atoms with van der Waals surface area (Å²) in [5.41, 5.74) is 0.560. The lowest BCUT2D eigenvalue weighted by atomic mass is 10.2. The predicted molar refractivity (Wildman–Crippen MR) is 60.0 cm³/mol. The van der Waals surface area contributed by atoms with Gasteiger partial charge in [0.2, 0.25) is 0 Å². The maximum absolute atomic E-state index is 11.5. The molecular formula is C10H13BrN2O2. The summed E-state index contributed by atoms with van der Waals surface area (Å²) in [5.74, 6) is 0.647. The van der Waals surface area contributed by atoms with Gasteiger partial charge in [-0.25, -0.2) is 4.98 Å². The molecule has 0 amide bonds. The first-order valence-electron chi connectivity index (χ1n) is 5.00. The Hall–Kier alpha value is -0.680. The van der Waals surface area contributed by atoms with Gasteiger partial charge in [-0.15, -0.1) is 0 Å². The van der Waals surface area contributed by atoms with Crippen molar-refractivity contribution in [3.05, 3.63) is 27.9 Å². The van der Waals surface area contributed by atoms with Crippen LogP contribution in [0.15, 0.2) is 11.0 Å². The number of ether oxygens (including phenoxy) is 1. The molecule has 2 heterocycles. The molecule has 1 aromatic heterocycles. The number of aromatic amines is 1. The molecule has 1 N–H and O–H groups in total. The van der Waals surface area contributed by atoms with Crippen LogP contribution in [0.3, 0.4) is 0 Å². The van der Waals surface area contributed by atoms with Crippen LogP contribution in [-0.4, -0.2) is 16.1 Å². The lowest BCUT2D eigenvalue weighted by Gasteiger charge is -2.09. The Morgan fingerprint density at radius 1 is 1.67 bits per heavy atom. The van der Waals surface area contributed by atoms with Crippen molar-refractivity contribution in [2.75, 3.05) is 0 Å². The SMILES string of the molecule is CC1CCC(c2ncc(CBr)c(=O)[nH]2)O1. The van der Waals surface area contributed by atoms with Gasteiger partial charge in [0.15, 0.2) is 0 Å². The number of H-pyrrole nitrogens is 1. The van der Waals surface area contributed by atoms with E-state index in [4.69, 9.17) is 4.74 Å². The molecule has 1 aliphatic rings. The third kappa shape index (κ3) is 2.29. The van der Waals surface area contributed by atoms with Crippen LogP contribution in [0.2, 0.25) is 0 Å². The van der Waals surface area contributed by atoms with Crippen molar-refractivity contribution in [2.45, 2.75) is 37.3 Å². The molecule has 1 saturated heterocycles. The number of nitrogens with one attached hydrogen (secondary N) is 1. The highest BCUT2D eigenvalue weighted by Gasteiger charge is 2.25. The van der Waals surface area contributed by atoms with E-state index in [1.165, 1.54) is 0 Å². The van der Waals surface area contributed by atoms with E-state index in [0.29, 0.717) is 16.7 Å². The van der Waals surface area contributed by atoms with Gasteiger partial charge in [-0.3, -0.25) is 4.79 Å². The zero-order valence-corrected chi connectivity index (χ0v) is 10.1. The van der Waals surface area contributed by atoms with Gasteiger partial charge in [0.25, 0.3) is 5.56 Å². The molecule has 5 heteroatoms. The first kappa shape index (κ1) is 10.8. The smallest absolute Gasteiger partial charge is 0.254 e. The number of halogens is 1. The van der Waals surface area contributed by atoms with Gasteiger partial charge in [0.05, 0.1) is 6.10 Å². The topological polar surface area (TPSA) is 55.0 Å². The van der Waals surface area contributed by atoms with Crippen molar-refractivity contribution in [3.8, 4) is 0 Å². The quantitative estimate of drug-likeness (QED) is 0.837. The summed E-state index contributed by atoms with van der Waals surface area (Å²) >= 11 is 3.23. The summed E-state index contributed by atoms with van der Waals surface area (Å²) in [4.78, 5) is 18.5. The molecule has 0 aromatic carbocycles. The minimum atomic E-state index is -0.0833. The van der Waals surface area contributed by atoms with Gasteiger partial charge in [-0.1, -0.05) is 15.9 Å². The number of alkyl halides is 1. The van der Waals surface area contributed by atoms with Crippen molar-refractivity contribution in [3.63, 3.8) is 0 Å². The lowest BCUT2D eigenvalue weighted by Crippen LogP contribution is -2.17. The van der Waals surface area contributed by atoms with Crippen LogP contribution in [-0.2, 0) is 10.1 Å². The lowest BCUT2D eigenvalue weighted by molar-refractivity contribution is 0.0501. The van der Waals surface area contributed by atoms with E-state index < -0.39 is 0 Å². The average Bonchev–Trinajstić information content (AvgIpc) is 2.65. The molecule has 15 heavy (non-hydrogen) atoms. The summed E-state index contributed by atoms with van der Waals surface area (Å²) in [5, 5.41) is 0.525. The molecule has 82 valence electrons. The molecule has 2 atom stereocenters. The molecular weight excluding hydrogens is 260 g/mol. The van der Waals surface area contributed by atoms with Crippen molar-refractivity contribution in [1.29, 1.82) is 0 Å². The Morgan fingerprint density at radius 2 is 2.47 bits per heavy atom. The highest BCUT2D eigenvalue weighted by molar-refractivity contribution is 9.08.